The van der Waals surface area contributed by atoms with E-state index in [1.165, 1.54) is 15.3 Å². The zero-order valence-electron chi connectivity index (χ0n) is 12.6. The number of hydrogen-bond donors (Lipinski definition) is 2. The molecule has 1 fully saturated rings. The van der Waals surface area contributed by atoms with Gasteiger partial charge in [0.15, 0.2) is 0 Å². The number of carbonyl (C=O) groups excluding carboxylic acids is 1. The van der Waals surface area contributed by atoms with Crippen LogP contribution in [0.4, 0.5) is 0 Å². The van der Waals surface area contributed by atoms with Crippen molar-refractivity contribution in [3.8, 4) is 9.75 Å². The van der Waals surface area contributed by atoms with Crippen LogP contribution in [-0.4, -0.2) is 24.2 Å². The third-order valence-electron chi connectivity index (χ3n) is 4.08. The number of rotatable bonds is 5. The Kier molecular flexibility index (Phi) is 3.92. The van der Waals surface area contributed by atoms with Gasteiger partial charge in [0, 0.05) is 21.7 Å². The molecule has 2 aromatic rings. The molecule has 0 aliphatic heterocycles. The van der Waals surface area contributed by atoms with Crippen LogP contribution in [0.3, 0.4) is 0 Å². The summed E-state index contributed by atoms with van der Waals surface area (Å²) in [5.41, 5.74) is 6.81. The second-order valence-electron chi connectivity index (χ2n) is 5.84. The van der Waals surface area contributed by atoms with Gasteiger partial charge < -0.3 is 10.6 Å². The van der Waals surface area contributed by atoms with Gasteiger partial charge in [-0.15, -0.1) is 22.7 Å². The van der Waals surface area contributed by atoms with Crippen LogP contribution in [0.15, 0.2) is 23.6 Å². The van der Waals surface area contributed by atoms with E-state index in [1.807, 2.05) is 12.1 Å². The van der Waals surface area contributed by atoms with Crippen molar-refractivity contribution in [1.29, 1.82) is 5.41 Å². The molecule has 3 rings (SSSR count). The van der Waals surface area contributed by atoms with Crippen LogP contribution in [0.2, 0.25) is 0 Å². The molecule has 1 amide bonds. The Morgan fingerprint density at radius 2 is 2.18 bits per heavy atom. The molecule has 1 aliphatic rings. The molecule has 0 saturated heterocycles. The average Bonchev–Trinajstić information content (AvgIpc) is 3.10. The van der Waals surface area contributed by atoms with E-state index in [2.05, 4.69) is 18.4 Å². The number of nitrogens with zero attached hydrogens (tertiary/aromatic N) is 1. The summed E-state index contributed by atoms with van der Waals surface area (Å²) in [6, 6.07) is 6.18. The lowest BCUT2D eigenvalue weighted by atomic mass is 9.91. The van der Waals surface area contributed by atoms with Gasteiger partial charge in [-0.2, -0.15) is 0 Å². The van der Waals surface area contributed by atoms with E-state index >= 15 is 0 Å². The molecule has 6 heteroatoms. The Bertz CT molecular complexity index is 717. The molecule has 0 bridgehead atoms. The first kappa shape index (κ1) is 15.4. The summed E-state index contributed by atoms with van der Waals surface area (Å²) in [6.07, 6.45) is 2.97. The minimum absolute atomic E-state index is 0.180. The standard InChI is InChI=1S/C16H19N3OS2/c1-10-7-13(21-8-10)12-5-6-14(22-12)16(18,11-3-4-11)15(20)19(2)9-17/h5-9,11,17H,3-4,18H2,1-2H3. The van der Waals surface area contributed by atoms with Crippen molar-refractivity contribution < 1.29 is 4.79 Å². The predicted molar refractivity (Wildman–Crippen MR) is 92.5 cm³/mol. The van der Waals surface area contributed by atoms with E-state index in [9.17, 15) is 4.79 Å². The van der Waals surface area contributed by atoms with Gasteiger partial charge in [-0.25, -0.2) is 0 Å². The highest BCUT2D eigenvalue weighted by atomic mass is 32.1. The fourth-order valence-electron chi connectivity index (χ4n) is 2.62. The third kappa shape index (κ3) is 2.51. The highest BCUT2D eigenvalue weighted by molar-refractivity contribution is 7.21. The Labute approximate surface area is 138 Å². The molecule has 0 radical (unpaired) electrons. The van der Waals surface area contributed by atoms with Crippen LogP contribution >= 0.6 is 22.7 Å². The molecule has 4 nitrogen and oxygen atoms in total. The molecule has 1 unspecified atom stereocenters. The molecule has 2 aromatic heterocycles. The number of amides is 1. The van der Waals surface area contributed by atoms with E-state index in [1.54, 1.807) is 29.7 Å². The molecule has 116 valence electrons. The Hall–Kier alpha value is -1.50. The van der Waals surface area contributed by atoms with Crippen LogP contribution in [0.25, 0.3) is 9.75 Å². The smallest absolute Gasteiger partial charge is 0.253 e. The van der Waals surface area contributed by atoms with Crippen LogP contribution in [0, 0.1) is 18.3 Å². The van der Waals surface area contributed by atoms with Gasteiger partial charge in [-0.1, -0.05) is 0 Å². The maximum absolute atomic E-state index is 12.7. The fraction of sp³-hybridized carbons (Fsp3) is 0.375. The van der Waals surface area contributed by atoms with Crippen LogP contribution in [0.1, 0.15) is 23.3 Å². The molecule has 3 N–H and O–H groups in total. The molecule has 1 atom stereocenters. The highest BCUT2D eigenvalue weighted by Gasteiger charge is 2.51. The number of likely N-dealkylation sites (N-methyl/N-ethyl adjacent to an activating group) is 1. The summed E-state index contributed by atoms with van der Waals surface area (Å²) in [5, 5.41) is 9.44. The maximum atomic E-state index is 12.7. The first-order valence-corrected chi connectivity index (χ1v) is 8.89. The Balaban J connectivity index is 1.98. The van der Waals surface area contributed by atoms with E-state index in [0.717, 1.165) is 28.9 Å². The van der Waals surface area contributed by atoms with Crippen molar-refractivity contribution in [2.24, 2.45) is 11.7 Å². The lowest BCUT2D eigenvalue weighted by Crippen LogP contribution is -2.52. The molecule has 0 spiro atoms. The molecular weight excluding hydrogens is 314 g/mol. The van der Waals surface area contributed by atoms with Crippen LogP contribution < -0.4 is 5.73 Å². The van der Waals surface area contributed by atoms with Crippen LogP contribution in [-0.2, 0) is 10.3 Å². The van der Waals surface area contributed by atoms with E-state index in [4.69, 9.17) is 11.1 Å². The number of nitrogens with one attached hydrogen (secondary N) is 1. The second kappa shape index (κ2) is 5.61. The number of thiophene rings is 2. The van der Waals surface area contributed by atoms with Crippen molar-refractivity contribution in [3.63, 3.8) is 0 Å². The summed E-state index contributed by atoms with van der Waals surface area (Å²) in [4.78, 5) is 17.2. The third-order valence-corrected chi connectivity index (χ3v) is 6.56. The normalized spacial score (nSPS) is 17.0. The quantitative estimate of drug-likeness (QED) is 0.650. The first-order chi connectivity index (χ1) is 10.5. The molecule has 2 heterocycles. The van der Waals surface area contributed by atoms with Gasteiger partial charge in [0.05, 0.1) is 6.34 Å². The van der Waals surface area contributed by atoms with E-state index in [-0.39, 0.29) is 11.8 Å². The topological polar surface area (TPSA) is 70.2 Å². The van der Waals surface area contributed by atoms with Crippen molar-refractivity contribution in [3.05, 3.63) is 34.0 Å². The minimum atomic E-state index is -0.998. The lowest BCUT2D eigenvalue weighted by Gasteiger charge is -2.30. The summed E-state index contributed by atoms with van der Waals surface area (Å²) in [7, 11) is 1.59. The largest absolute Gasteiger partial charge is 0.313 e. The summed E-state index contributed by atoms with van der Waals surface area (Å²) >= 11 is 3.30. The minimum Gasteiger partial charge on any atom is -0.313 e. The van der Waals surface area contributed by atoms with Crippen molar-refractivity contribution in [1.82, 2.24) is 4.90 Å². The number of nitrogens with two attached hydrogens (primary N) is 1. The first-order valence-electron chi connectivity index (χ1n) is 7.19. The van der Waals surface area contributed by atoms with Gasteiger partial charge >= 0.3 is 0 Å². The molecule has 0 aromatic carbocycles. The lowest BCUT2D eigenvalue weighted by molar-refractivity contribution is -0.132. The fourth-order valence-corrected chi connectivity index (χ4v) is 4.80. The van der Waals surface area contributed by atoms with Crippen molar-refractivity contribution >= 4 is 34.9 Å². The summed E-state index contributed by atoms with van der Waals surface area (Å²) in [6.45, 7) is 2.08. The van der Waals surface area contributed by atoms with Gasteiger partial charge in [0.25, 0.3) is 5.91 Å². The zero-order chi connectivity index (χ0) is 15.9. The van der Waals surface area contributed by atoms with Gasteiger partial charge in [0.2, 0.25) is 0 Å². The maximum Gasteiger partial charge on any atom is 0.253 e. The number of carbonyl (C=O) groups is 1. The van der Waals surface area contributed by atoms with Crippen LogP contribution in [0.5, 0.6) is 0 Å². The molecule has 1 aliphatic carbocycles. The van der Waals surface area contributed by atoms with Crippen molar-refractivity contribution in [2.75, 3.05) is 7.05 Å². The highest BCUT2D eigenvalue weighted by Crippen LogP contribution is 2.48. The molecular formula is C16H19N3OS2. The summed E-state index contributed by atoms with van der Waals surface area (Å²) in [5.74, 6) is -0.0141. The monoisotopic (exact) mass is 333 g/mol. The predicted octanol–water partition coefficient (Wildman–Crippen LogP) is 3.41. The average molecular weight is 333 g/mol. The SMILES string of the molecule is Cc1csc(-c2ccc(C(N)(C(=O)N(C)C=N)C3CC3)s2)c1. The second-order valence-corrected chi connectivity index (χ2v) is 7.84. The molecule has 1 saturated carbocycles. The van der Waals surface area contributed by atoms with Gasteiger partial charge in [-0.3, -0.25) is 10.2 Å². The zero-order valence-corrected chi connectivity index (χ0v) is 14.3. The molecule has 22 heavy (non-hydrogen) atoms. The van der Waals surface area contributed by atoms with E-state index in [0.29, 0.717) is 0 Å². The van der Waals surface area contributed by atoms with Gasteiger partial charge in [-0.05, 0) is 54.8 Å². The van der Waals surface area contributed by atoms with E-state index < -0.39 is 5.54 Å². The number of hydrogen-bond acceptors (Lipinski definition) is 5. The summed E-state index contributed by atoms with van der Waals surface area (Å²) < 4.78 is 0. The van der Waals surface area contributed by atoms with Gasteiger partial charge in [0.1, 0.15) is 5.54 Å². The Morgan fingerprint density at radius 1 is 1.45 bits per heavy atom. The Morgan fingerprint density at radius 3 is 2.73 bits per heavy atom. The van der Waals surface area contributed by atoms with Crippen molar-refractivity contribution in [2.45, 2.75) is 25.3 Å². The number of aryl methyl sites for hydroxylation is 1.